The molecule has 0 aliphatic heterocycles. The minimum absolute atomic E-state index is 0. The molecule has 0 saturated carbocycles. The first-order valence-corrected chi connectivity index (χ1v) is 9.14. The average molecular weight is 484 g/mol. The second kappa shape index (κ2) is 11.3. The van der Waals surface area contributed by atoms with Crippen LogP contribution in [0, 0.1) is 13.8 Å². The van der Waals surface area contributed by atoms with Gasteiger partial charge in [-0.2, -0.15) is 5.10 Å². The van der Waals surface area contributed by atoms with Gasteiger partial charge in [-0.1, -0.05) is 24.3 Å². The molecular weight excluding hydrogens is 451 g/mol. The number of guanidine groups is 1. The van der Waals surface area contributed by atoms with Crippen molar-refractivity contribution in [3.63, 3.8) is 0 Å². The second-order valence-corrected chi connectivity index (χ2v) is 6.88. The van der Waals surface area contributed by atoms with Gasteiger partial charge in [0.2, 0.25) is 0 Å². The molecule has 7 heteroatoms. The SMILES string of the molecule is CCNC(=NCc1ccc(CN(C)C)cc1)NCc1c(C)nn(C)c1C.I. The molecule has 2 rings (SSSR count). The molecule has 2 aromatic rings. The largest absolute Gasteiger partial charge is 0.357 e. The van der Waals surface area contributed by atoms with E-state index < -0.39 is 0 Å². The van der Waals surface area contributed by atoms with Crippen LogP contribution >= 0.6 is 24.0 Å². The van der Waals surface area contributed by atoms with Crippen LogP contribution in [-0.4, -0.2) is 41.3 Å². The van der Waals surface area contributed by atoms with Gasteiger partial charge < -0.3 is 15.5 Å². The molecular formula is C20H33IN6. The summed E-state index contributed by atoms with van der Waals surface area (Å²) >= 11 is 0. The van der Waals surface area contributed by atoms with Gasteiger partial charge in [0.15, 0.2) is 5.96 Å². The molecule has 6 nitrogen and oxygen atoms in total. The summed E-state index contributed by atoms with van der Waals surface area (Å²) in [5, 5.41) is 11.2. The number of benzene rings is 1. The first-order chi connectivity index (χ1) is 12.4. The first kappa shape index (κ1) is 23.4. The van der Waals surface area contributed by atoms with Gasteiger partial charge in [0.05, 0.1) is 12.2 Å². The lowest BCUT2D eigenvalue weighted by Gasteiger charge is -2.12. The molecule has 0 atom stereocenters. The number of aryl methyl sites for hydroxylation is 2. The zero-order valence-corrected chi connectivity index (χ0v) is 19.7. The minimum Gasteiger partial charge on any atom is -0.357 e. The van der Waals surface area contributed by atoms with Crippen molar-refractivity contribution in [3.8, 4) is 0 Å². The molecule has 0 fully saturated rings. The molecule has 0 unspecified atom stereocenters. The summed E-state index contributed by atoms with van der Waals surface area (Å²) in [6, 6.07) is 8.66. The lowest BCUT2D eigenvalue weighted by atomic mass is 10.1. The lowest BCUT2D eigenvalue weighted by Crippen LogP contribution is -2.37. The normalized spacial score (nSPS) is 11.4. The van der Waals surface area contributed by atoms with E-state index in [-0.39, 0.29) is 24.0 Å². The fourth-order valence-corrected chi connectivity index (χ4v) is 2.87. The van der Waals surface area contributed by atoms with Crippen LogP contribution in [0.5, 0.6) is 0 Å². The van der Waals surface area contributed by atoms with Crippen LogP contribution < -0.4 is 10.6 Å². The molecule has 0 amide bonds. The molecule has 0 spiro atoms. The number of aliphatic imine (C=N–C) groups is 1. The Balaban J connectivity index is 0.00000364. The predicted octanol–water partition coefficient (Wildman–Crippen LogP) is 2.97. The maximum Gasteiger partial charge on any atom is 0.191 e. The van der Waals surface area contributed by atoms with Crippen molar-refractivity contribution in [1.82, 2.24) is 25.3 Å². The first-order valence-electron chi connectivity index (χ1n) is 9.14. The van der Waals surface area contributed by atoms with Gasteiger partial charge >= 0.3 is 0 Å². The Labute approximate surface area is 180 Å². The van der Waals surface area contributed by atoms with Crippen LogP contribution in [0.4, 0.5) is 0 Å². The number of rotatable bonds is 7. The van der Waals surface area contributed by atoms with E-state index in [9.17, 15) is 0 Å². The summed E-state index contributed by atoms with van der Waals surface area (Å²) in [6.45, 7) is 9.38. The van der Waals surface area contributed by atoms with Crippen molar-refractivity contribution in [3.05, 3.63) is 52.3 Å². The van der Waals surface area contributed by atoms with E-state index in [4.69, 9.17) is 4.99 Å². The van der Waals surface area contributed by atoms with E-state index in [1.54, 1.807) is 0 Å². The highest BCUT2D eigenvalue weighted by atomic mass is 127. The number of aromatic nitrogens is 2. The fraction of sp³-hybridized carbons (Fsp3) is 0.500. The average Bonchev–Trinajstić information content (AvgIpc) is 2.83. The second-order valence-electron chi connectivity index (χ2n) is 6.88. The molecule has 1 aromatic heterocycles. The van der Waals surface area contributed by atoms with Crippen molar-refractivity contribution in [1.29, 1.82) is 0 Å². The summed E-state index contributed by atoms with van der Waals surface area (Å²) in [5.74, 6) is 0.826. The summed E-state index contributed by atoms with van der Waals surface area (Å²) in [4.78, 5) is 6.88. The highest BCUT2D eigenvalue weighted by Crippen LogP contribution is 2.11. The van der Waals surface area contributed by atoms with E-state index in [2.05, 4.69) is 72.8 Å². The highest BCUT2D eigenvalue weighted by Gasteiger charge is 2.09. The van der Waals surface area contributed by atoms with Crippen molar-refractivity contribution in [2.24, 2.45) is 12.0 Å². The van der Waals surface area contributed by atoms with Crippen LogP contribution in [0.3, 0.4) is 0 Å². The third-order valence-electron chi connectivity index (χ3n) is 4.38. The molecule has 0 aliphatic rings. The lowest BCUT2D eigenvalue weighted by molar-refractivity contribution is 0.402. The number of hydrogen-bond acceptors (Lipinski definition) is 3. The number of nitrogens with zero attached hydrogens (tertiary/aromatic N) is 4. The third-order valence-corrected chi connectivity index (χ3v) is 4.38. The third kappa shape index (κ3) is 7.14. The fourth-order valence-electron chi connectivity index (χ4n) is 2.87. The van der Waals surface area contributed by atoms with Crippen molar-refractivity contribution in [2.75, 3.05) is 20.6 Å². The number of nitrogens with one attached hydrogen (secondary N) is 2. The summed E-state index contributed by atoms with van der Waals surface area (Å²) in [6.07, 6.45) is 0. The van der Waals surface area contributed by atoms with Gasteiger partial charge in [-0.25, -0.2) is 4.99 Å². The molecule has 2 N–H and O–H groups in total. The van der Waals surface area contributed by atoms with E-state index in [0.717, 1.165) is 31.3 Å². The Morgan fingerprint density at radius 2 is 1.74 bits per heavy atom. The van der Waals surface area contributed by atoms with Gasteiger partial charge in [-0.05, 0) is 46.0 Å². The molecule has 0 aliphatic carbocycles. The van der Waals surface area contributed by atoms with Crippen LogP contribution in [0.2, 0.25) is 0 Å². The van der Waals surface area contributed by atoms with Crippen LogP contribution in [0.1, 0.15) is 35.0 Å². The Hall–Kier alpha value is -1.61. The zero-order valence-electron chi connectivity index (χ0n) is 17.3. The van der Waals surface area contributed by atoms with Crippen molar-refractivity contribution >= 4 is 29.9 Å². The van der Waals surface area contributed by atoms with E-state index in [0.29, 0.717) is 6.54 Å². The molecule has 0 bridgehead atoms. The maximum atomic E-state index is 4.71. The molecule has 27 heavy (non-hydrogen) atoms. The zero-order chi connectivity index (χ0) is 19.1. The minimum atomic E-state index is 0. The summed E-state index contributed by atoms with van der Waals surface area (Å²) in [7, 11) is 6.14. The smallest absolute Gasteiger partial charge is 0.191 e. The van der Waals surface area contributed by atoms with Crippen LogP contribution in [0.25, 0.3) is 0 Å². The maximum absolute atomic E-state index is 4.71. The molecule has 0 saturated heterocycles. The topological polar surface area (TPSA) is 57.5 Å². The van der Waals surface area contributed by atoms with Crippen molar-refractivity contribution < 1.29 is 0 Å². The quantitative estimate of drug-likeness (QED) is 0.361. The highest BCUT2D eigenvalue weighted by molar-refractivity contribution is 14.0. The Morgan fingerprint density at radius 3 is 2.26 bits per heavy atom. The van der Waals surface area contributed by atoms with E-state index in [1.807, 2.05) is 18.7 Å². The van der Waals surface area contributed by atoms with Gasteiger partial charge in [-0.15, -0.1) is 24.0 Å². The predicted molar refractivity (Wildman–Crippen MR) is 124 cm³/mol. The van der Waals surface area contributed by atoms with Crippen molar-refractivity contribution in [2.45, 2.75) is 40.4 Å². The molecule has 150 valence electrons. The Kier molecular flexibility index (Phi) is 9.79. The van der Waals surface area contributed by atoms with Crippen LogP contribution in [-0.2, 0) is 26.7 Å². The Morgan fingerprint density at radius 1 is 1.11 bits per heavy atom. The van der Waals surface area contributed by atoms with E-state index >= 15 is 0 Å². The standard InChI is InChI=1S/C20H32N6.HI/c1-7-21-20(23-13-19-15(2)24-26(6)16(19)3)22-12-17-8-10-18(11-9-17)14-25(4)5;/h8-11H,7,12-14H2,1-6H3,(H2,21,22,23);1H. The summed E-state index contributed by atoms with van der Waals surface area (Å²) < 4.78 is 1.92. The molecule has 1 heterocycles. The van der Waals surface area contributed by atoms with Gasteiger partial charge in [0, 0.05) is 37.9 Å². The Bertz CT molecular complexity index is 734. The monoisotopic (exact) mass is 484 g/mol. The van der Waals surface area contributed by atoms with Gasteiger partial charge in [0.1, 0.15) is 0 Å². The van der Waals surface area contributed by atoms with Gasteiger partial charge in [-0.3, -0.25) is 4.68 Å². The van der Waals surface area contributed by atoms with Crippen LogP contribution in [0.15, 0.2) is 29.3 Å². The number of hydrogen-bond donors (Lipinski definition) is 2. The van der Waals surface area contributed by atoms with E-state index in [1.165, 1.54) is 22.4 Å². The number of halogens is 1. The summed E-state index contributed by atoms with van der Waals surface area (Å²) in [5.41, 5.74) is 5.99. The van der Waals surface area contributed by atoms with Gasteiger partial charge in [0.25, 0.3) is 0 Å². The molecule has 0 radical (unpaired) electrons. The molecule has 1 aromatic carbocycles.